The minimum absolute atomic E-state index is 0.314. The first-order valence-electron chi connectivity index (χ1n) is 7.37. The van der Waals surface area contributed by atoms with Gasteiger partial charge >= 0.3 is 0 Å². The van der Waals surface area contributed by atoms with Gasteiger partial charge in [0.25, 0.3) is 0 Å². The van der Waals surface area contributed by atoms with Crippen molar-refractivity contribution in [2.45, 2.75) is 71.4 Å². The monoisotopic (exact) mass is 238 g/mol. The van der Waals surface area contributed by atoms with Gasteiger partial charge in [-0.2, -0.15) is 0 Å². The Morgan fingerprint density at radius 3 is 2.47 bits per heavy atom. The minimum atomic E-state index is 0.314. The maximum absolute atomic E-state index is 6.19. The number of nitrogens with zero attached hydrogens (tertiary/aromatic N) is 1. The van der Waals surface area contributed by atoms with E-state index in [2.05, 4.69) is 32.6 Å². The van der Waals surface area contributed by atoms with Gasteiger partial charge in [0.15, 0.2) is 0 Å². The van der Waals surface area contributed by atoms with Crippen molar-refractivity contribution in [2.24, 2.45) is 17.1 Å². The van der Waals surface area contributed by atoms with E-state index in [-0.39, 0.29) is 0 Å². The van der Waals surface area contributed by atoms with Crippen LogP contribution in [0.1, 0.15) is 59.8 Å². The van der Waals surface area contributed by atoms with Crippen molar-refractivity contribution >= 4 is 0 Å². The molecule has 2 fully saturated rings. The Morgan fingerprint density at radius 1 is 1.29 bits per heavy atom. The average molecular weight is 238 g/mol. The maximum atomic E-state index is 6.19. The quantitative estimate of drug-likeness (QED) is 0.819. The van der Waals surface area contributed by atoms with Gasteiger partial charge in [0.05, 0.1) is 0 Å². The highest BCUT2D eigenvalue weighted by Crippen LogP contribution is 2.48. The van der Waals surface area contributed by atoms with Crippen molar-refractivity contribution in [2.75, 3.05) is 13.1 Å². The first-order chi connectivity index (χ1) is 7.90. The van der Waals surface area contributed by atoms with Crippen molar-refractivity contribution in [1.82, 2.24) is 4.90 Å². The van der Waals surface area contributed by atoms with Crippen LogP contribution in [0.5, 0.6) is 0 Å². The van der Waals surface area contributed by atoms with Crippen molar-refractivity contribution in [3.05, 3.63) is 0 Å². The summed E-state index contributed by atoms with van der Waals surface area (Å²) in [5.41, 5.74) is 6.99. The predicted molar refractivity (Wildman–Crippen MR) is 74.0 cm³/mol. The lowest BCUT2D eigenvalue weighted by Gasteiger charge is -2.44. The van der Waals surface area contributed by atoms with Crippen LogP contribution in [0.25, 0.3) is 0 Å². The van der Waals surface area contributed by atoms with Crippen LogP contribution in [-0.4, -0.2) is 29.6 Å². The molecule has 0 spiro atoms. The van der Waals surface area contributed by atoms with Gasteiger partial charge in [-0.1, -0.05) is 27.7 Å². The molecule has 2 rings (SSSR count). The summed E-state index contributed by atoms with van der Waals surface area (Å²) in [5, 5.41) is 0. The molecule has 2 atom stereocenters. The number of hydrogen-bond acceptors (Lipinski definition) is 2. The maximum Gasteiger partial charge on any atom is 0.0340 e. The molecular weight excluding hydrogens is 208 g/mol. The van der Waals surface area contributed by atoms with E-state index in [9.17, 15) is 0 Å². The van der Waals surface area contributed by atoms with E-state index in [1.54, 1.807) is 0 Å². The summed E-state index contributed by atoms with van der Waals surface area (Å²) in [5.74, 6) is 0.768. The van der Waals surface area contributed by atoms with E-state index in [0.29, 0.717) is 11.0 Å². The van der Waals surface area contributed by atoms with Crippen molar-refractivity contribution in [3.63, 3.8) is 0 Å². The fourth-order valence-electron chi connectivity index (χ4n) is 4.25. The molecule has 0 amide bonds. The Bertz CT molecular complexity index is 272. The number of hydrogen-bond donors (Lipinski definition) is 1. The molecule has 0 bridgehead atoms. The van der Waals surface area contributed by atoms with Gasteiger partial charge in [0.2, 0.25) is 0 Å². The van der Waals surface area contributed by atoms with Crippen LogP contribution >= 0.6 is 0 Å². The molecule has 0 aromatic heterocycles. The summed E-state index contributed by atoms with van der Waals surface area (Å²) in [6.07, 6.45) is 6.68. The van der Waals surface area contributed by atoms with E-state index in [4.69, 9.17) is 5.73 Å². The average Bonchev–Trinajstić information content (AvgIpc) is 2.82. The highest BCUT2D eigenvalue weighted by molar-refractivity contribution is 5.05. The Kier molecular flexibility index (Phi) is 3.57. The summed E-state index contributed by atoms with van der Waals surface area (Å²) >= 11 is 0. The van der Waals surface area contributed by atoms with Crippen LogP contribution in [0.2, 0.25) is 0 Å². The van der Waals surface area contributed by atoms with Gasteiger partial charge in [-0.15, -0.1) is 0 Å². The number of likely N-dealkylation sites (tertiary alicyclic amines) is 1. The summed E-state index contributed by atoms with van der Waals surface area (Å²) in [6.45, 7) is 11.7. The summed E-state index contributed by atoms with van der Waals surface area (Å²) in [6, 6.07) is 0.771. The van der Waals surface area contributed by atoms with Crippen LogP contribution in [0.3, 0.4) is 0 Å². The molecule has 100 valence electrons. The molecule has 1 aliphatic carbocycles. The van der Waals surface area contributed by atoms with Crippen LogP contribution in [0.15, 0.2) is 0 Å². The van der Waals surface area contributed by atoms with Crippen LogP contribution in [-0.2, 0) is 0 Å². The van der Waals surface area contributed by atoms with Crippen molar-refractivity contribution in [1.29, 1.82) is 0 Å². The Morgan fingerprint density at radius 2 is 2.00 bits per heavy atom. The van der Waals surface area contributed by atoms with Gasteiger partial charge in [-0.25, -0.2) is 0 Å². The normalized spacial score (nSPS) is 38.1. The molecule has 0 aromatic carbocycles. The summed E-state index contributed by atoms with van der Waals surface area (Å²) < 4.78 is 0. The second-order valence-electron chi connectivity index (χ2n) is 7.42. The third-order valence-electron chi connectivity index (χ3n) is 5.13. The Hall–Kier alpha value is -0.0800. The van der Waals surface area contributed by atoms with E-state index in [0.717, 1.165) is 18.5 Å². The van der Waals surface area contributed by atoms with E-state index < -0.39 is 0 Å². The molecule has 0 aromatic rings. The van der Waals surface area contributed by atoms with Crippen molar-refractivity contribution < 1.29 is 0 Å². The molecule has 2 unspecified atom stereocenters. The second kappa shape index (κ2) is 4.55. The highest BCUT2D eigenvalue weighted by atomic mass is 15.3. The first kappa shape index (κ1) is 13.4. The fraction of sp³-hybridized carbons (Fsp3) is 1.00. The second-order valence-corrected chi connectivity index (χ2v) is 7.42. The molecule has 2 heteroatoms. The smallest absolute Gasteiger partial charge is 0.0340 e. The lowest BCUT2D eigenvalue weighted by Crippen LogP contribution is -2.55. The SMILES string of the molecule is CC(C)C1CCCN1C1(CN)CCC(C)(C)C1. The number of rotatable bonds is 3. The molecule has 1 aliphatic heterocycles. The lowest BCUT2D eigenvalue weighted by molar-refractivity contribution is 0.0563. The van der Waals surface area contributed by atoms with Crippen LogP contribution in [0.4, 0.5) is 0 Å². The van der Waals surface area contributed by atoms with E-state index >= 15 is 0 Å². The Labute approximate surface area is 107 Å². The summed E-state index contributed by atoms with van der Waals surface area (Å²) in [7, 11) is 0. The molecular formula is C15H30N2. The minimum Gasteiger partial charge on any atom is -0.329 e. The molecule has 0 radical (unpaired) electrons. The molecule has 2 N–H and O–H groups in total. The molecule has 2 nitrogen and oxygen atoms in total. The zero-order valence-electron chi connectivity index (χ0n) is 12.1. The largest absolute Gasteiger partial charge is 0.329 e. The van der Waals surface area contributed by atoms with Gasteiger partial charge in [0, 0.05) is 18.1 Å². The van der Waals surface area contributed by atoms with Crippen LogP contribution in [0, 0.1) is 11.3 Å². The summed E-state index contributed by atoms with van der Waals surface area (Å²) in [4.78, 5) is 2.78. The standard InChI is InChI=1S/C15H30N2/c1-12(2)13-6-5-9-17(13)15(11-16)8-7-14(3,4)10-15/h12-13H,5-11,16H2,1-4H3. The Balaban J connectivity index is 2.18. The van der Waals surface area contributed by atoms with E-state index in [1.165, 1.54) is 38.6 Å². The van der Waals surface area contributed by atoms with Gasteiger partial charge in [-0.05, 0) is 50.0 Å². The molecule has 1 saturated heterocycles. The van der Waals surface area contributed by atoms with Gasteiger partial charge < -0.3 is 5.73 Å². The third kappa shape index (κ3) is 2.39. The molecule has 17 heavy (non-hydrogen) atoms. The van der Waals surface area contributed by atoms with Crippen molar-refractivity contribution in [3.8, 4) is 0 Å². The first-order valence-corrected chi connectivity index (χ1v) is 7.37. The fourth-order valence-corrected chi connectivity index (χ4v) is 4.25. The number of nitrogens with two attached hydrogens (primary N) is 1. The lowest BCUT2D eigenvalue weighted by atomic mass is 9.85. The zero-order valence-corrected chi connectivity index (χ0v) is 12.1. The van der Waals surface area contributed by atoms with Crippen LogP contribution < -0.4 is 5.73 Å². The van der Waals surface area contributed by atoms with Gasteiger partial charge in [-0.3, -0.25) is 4.90 Å². The topological polar surface area (TPSA) is 29.3 Å². The zero-order chi connectivity index (χ0) is 12.7. The highest BCUT2D eigenvalue weighted by Gasteiger charge is 2.49. The molecule has 2 aliphatic rings. The van der Waals surface area contributed by atoms with E-state index in [1.807, 2.05) is 0 Å². The molecule has 1 heterocycles. The third-order valence-corrected chi connectivity index (χ3v) is 5.13. The predicted octanol–water partition coefficient (Wildman–Crippen LogP) is 3.01. The van der Waals surface area contributed by atoms with Gasteiger partial charge in [0.1, 0.15) is 0 Å². The molecule has 1 saturated carbocycles.